The maximum absolute atomic E-state index is 11.4. The van der Waals surface area contributed by atoms with Crippen molar-refractivity contribution in [1.29, 1.82) is 0 Å². The fourth-order valence-electron chi connectivity index (χ4n) is 1.19. The van der Waals surface area contributed by atoms with Crippen molar-refractivity contribution in [1.82, 2.24) is 10.5 Å². The Morgan fingerprint density at radius 3 is 2.74 bits per heavy atom. The fourth-order valence-corrected chi connectivity index (χ4v) is 1.19. The second-order valence-electron chi connectivity index (χ2n) is 3.69. The summed E-state index contributed by atoms with van der Waals surface area (Å²) < 4.78 is 9.65. The van der Waals surface area contributed by atoms with E-state index in [1.807, 2.05) is 0 Å². The third kappa shape index (κ3) is 5.06. The van der Waals surface area contributed by atoms with Crippen molar-refractivity contribution in [3.8, 4) is 5.88 Å². The molecule has 1 aromatic rings. The average Bonchev–Trinajstić information content (AvgIpc) is 2.71. The molecule has 1 rings (SSSR count). The molecule has 0 aliphatic rings. The van der Waals surface area contributed by atoms with Crippen LogP contribution in [0.4, 0.5) is 0 Å². The van der Waals surface area contributed by atoms with Crippen molar-refractivity contribution in [2.24, 2.45) is 5.73 Å². The number of ether oxygens (including phenoxy) is 1. The van der Waals surface area contributed by atoms with Crippen LogP contribution < -0.4 is 15.8 Å². The van der Waals surface area contributed by atoms with Gasteiger partial charge < -0.3 is 25.4 Å². The van der Waals surface area contributed by atoms with E-state index < -0.39 is 36.9 Å². The zero-order chi connectivity index (χ0) is 14.4. The van der Waals surface area contributed by atoms with Crippen molar-refractivity contribution in [2.45, 2.75) is 19.4 Å². The fraction of sp³-hybridized carbons (Fsp3) is 0.400. The zero-order valence-corrected chi connectivity index (χ0v) is 10.1. The molecule has 0 aliphatic carbocycles. The summed E-state index contributed by atoms with van der Waals surface area (Å²) in [6.45, 7) is 1.20. The molecule has 9 heteroatoms. The van der Waals surface area contributed by atoms with E-state index in [-0.39, 0.29) is 5.88 Å². The van der Waals surface area contributed by atoms with Gasteiger partial charge in [-0.25, -0.2) is 4.79 Å². The lowest BCUT2D eigenvalue weighted by molar-refractivity contribution is -0.143. The number of nitrogens with zero attached hydrogens (tertiary/aromatic N) is 1. The van der Waals surface area contributed by atoms with Crippen LogP contribution in [-0.2, 0) is 14.4 Å². The number of carboxylic acids is 1. The molecule has 0 spiro atoms. The van der Waals surface area contributed by atoms with Gasteiger partial charge in [-0.2, -0.15) is 0 Å². The molecular weight excluding hydrogens is 258 g/mol. The molecule has 1 heterocycles. The summed E-state index contributed by atoms with van der Waals surface area (Å²) in [6.07, 6.45) is -0.496. The van der Waals surface area contributed by atoms with Crippen LogP contribution >= 0.6 is 0 Å². The lowest BCUT2D eigenvalue weighted by Gasteiger charge is -2.12. The lowest BCUT2D eigenvalue weighted by Crippen LogP contribution is -2.45. The Bertz CT molecular complexity index is 483. The topological polar surface area (TPSA) is 145 Å². The quantitative estimate of drug-likeness (QED) is 0.565. The molecule has 0 aliphatic heterocycles. The van der Waals surface area contributed by atoms with Crippen molar-refractivity contribution >= 4 is 17.8 Å². The van der Waals surface area contributed by atoms with Gasteiger partial charge >= 0.3 is 5.97 Å². The SMILES string of the molecule is Cc1cc(OCC(=O)N[C@@H](CC(N)=O)C(=O)O)no1. The second kappa shape index (κ2) is 6.38. The molecule has 0 bridgehead atoms. The Hall–Kier alpha value is -2.58. The number of carboxylic acid groups (broad SMARTS) is 1. The molecule has 19 heavy (non-hydrogen) atoms. The molecule has 104 valence electrons. The molecular formula is C10H13N3O6. The molecule has 0 radical (unpaired) electrons. The van der Waals surface area contributed by atoms with Crippen LogP contribution in [0.5, 0.6) is 5.88 Å². The van der Waals surface area contributed by atoms with E-state index >= 15 is 0 Å². The van der Waals surface area contributed by atoms with Gasteiger partial charge in [0.2, 0.25) is 5.91 Å². The number of hydrogen-bond donors (Lipinski definition) is 3. The maximum atomic E-state index is 11.4. The van der Waals surface area contributed by atoms with Crippen molar-refractivity contribution in [3.05, 3.63) is 11.8 Å². The summed E-state index contributed by atoms with van der Waals surface area (Å²) in [4.78, 5) is 32.8. The van der Waals surface area contributed by atoms with E-state index in [0.717, 1.165) is 0 Å². The Kier molecular flexibility index (Phi) is 4.86. The molecule has 9 nitrogen and oxygen atoms in total. The highest BCUT2D eigenvalue weighted by Gasteiger charge is 2.22. The third-order valence-electron chi connectivity index (χ3n) is 2.00. The van der Waals surface area contributed by atoms with Gasteiger partial charge in [-0.1, -0.05) is 0 Å². The average molecular weight is 271 g/mol. The molecule has 1 aromatic heterocycles. The Labute approximate surface area is 107 Å². The maximum Gasteiger partial charge on any atom is 0.326 e. The minimum Gasteiger partial charge on any atom is -0.480 e. The van der Waals surface area contributed by atoms with Gasteiger partial charge in [-0.15, -0.1) is 0 Å². The van der Waals surface area contributed by atoms with Crippen LogP contribution in [0, 0.1) is 6.92 Å². The molecule has 4 N–H and O–H groups in total. The first-order valence-corrected chi connectivity index (χ1v) is 5.25. The lowest BCUT2D eigenvalue weighted by atomic mass is 10.2. The summed E-state index contributed by atoms with van der Waals surface area (Å²) in [6, 6.07) is 0.0818. The number of carbonyl (C=O) groups excluding carboxylic acids is 2. The van der Waals surface area contributed by atoms with E-state index in [2.05, 4.69) is 10.5 Å². The summed E-state index contributed by atoms with van der Waals surface area (Å²) in [5.41, 5.74) is 4.87. The van der Waals surface area contributed by atoms with Crippen LogP contribution in [0.25, 0.3) is 0 Å². The highest BCUT2D eigenvalue weighted by atomic mass is 16.5. The Morgan fingerprint density at radius 1 is 1.58 bits per heavy atom. The predicted molar refractivity (Wildman–Crippen MR) is 60.1 cm³/mol. The summed E-state index contributed by atoms with van der Waals surface area (Å²) >= 11 is 0. The number of carbonyl (C=O) groups is 3. The minimum absolute atomic E-state index is 0.106. The highest BCUT2D eigenvalue weighted by molar-refractivity contribution is 5.88. The standard InChI is InChI=1S/C10H13N3O6/c1-5-2-9(13-19-5)18-4-8(15)12-6(10(16)17)3-7(11)14/h2,6H,3-4H2,1H3,(H2,11,14)(H,12,15)(H,16,17)/t6-/m0/s1. The molecule has 1 atom stereocenters. The van der Waals surface area contributed by atoms with Gasteiger partial charge in [0.25, 0.3) is 11.8 Å². The number of nitrogens with one attached hydrogen (secondary N) is 1. The number of nitrogens with two attached hydrogens (primary N) is 1. The summed E-state index contributed by atoms with van der Waals surface area (Å²) in [7, 11) is 0. The van der Waals surface area contributed by atoms with Crippen molar-refractivity contribution in [3.63, 3.8) is 0 Å². The summed E-state index contributed by atoms with van der Waals surface area (Å²) in [5, 5.41) is 14.4. The number of aromatic nitrogens is 1. The minimum atomic E-state index is -1.38. The van der Waals surface area contributed by atoms with Gasteiger partial charge in [-0.05, 0) is 12.1 Å². The normalized spacial score (nSPS) is 11.6. The number of hydrogen-bond acceptors (Lipinski definition) is 6. The van der Waals surface area contributed by atoms with E-state index in [1.54, 1.807) is 6.92 Å². The second-order valence-corrected chi connectivity index (χ2v) is 3.69. The Morgan fingerprint density at radius 2 is 2.26 bits per heavy atom. The van der Waals surface area contributed by atoms with E-state index in [9.17, 15) is 14.4 Å². The van der Waals surface area contributed by atoms with Gasteiger partial charge in [0.1, 0.15) is 11.8 Å². The van der Waals surface area contributed by atoms with Crippen LogP contribution in [0.3, 0.4) is 0 Å². The third-order valence-corrected chi connectivity index (χ3v) is 2.00. The number of aliphatic carboxylic acids is 1. The first-order chi connectivity index (χ1) is 8.88. The van der Waals surface area contributed by atoms with Crippen LogP contribution in [0.15, 0.2) is 10.6 Å². The molecule has 2 amide bonds. The van der Waals surface area contributed by atoms with E-state index in [0.29, 0.717) is 5.76 Å². The Balaban J connectivity index is 2.44. The van der Waals surface area contributed by atoms with Crippen LogP contribution in [0.1, 0.15) is 12.2 Å². The van der Waals surface area contributed by atoms with Gasteiger partial charge in [0, 0.05) is 6.07 Å². The van der Waals surface area contributed by atoms with Gasteiger partial charge in [0.05, 0.1) is 6.42 Å². The number of primary amides is 1. The number of rotatable bonds is 7. The number of amides is 2. The van der Waals surface area contributed by atoms with E-state index in [1.165, 1.54) is 6.07 Å². The highest BCUT2D eigenvalue weighted by Crippen LogP contribution is 2.09. The first kappa shape index (κ1) is 14.5. The zero-order valence-electron chi connectivity index (χ0n) is 10.1. The first-order valence-electron chi connectivity index (χ1n) is 5.25. The van der Waals surface area contributed by atoms with Gasteiger partial charge in [-0.3, -0.25) is 9.59 Å². The number of aryl methyl sites for hydroxylation is 1. The van der Waals surface area contributed by atoms with Crippen LogP contribution in [-0.4, -0.2) is 40.7 Å². The van der Waals surface area contributed by atoms with E-state index in [4.69, 9.17) is 20.1 Å². The van der Waals surface area contributed by atoms with Gasteiger partial charge in [0.15, 0.2) is 6.61 Å². The van der Waals surface area contributed by atoms with Crippen molar-refractivity contribution in [2.75, 3.05) is 6.61 Å². The molecule has 0 saturated carbocycles. The molecule has 0 unspecified atom stereocenters. The molecule has 0 saturated heterocycles. The smallest absolute Gasteiger partial charge is 0.326 e. The predicted octanol–water partition coefficient (Wildman–Crippen LogP) is -1.19. The summed E-state index contributed by atoms with van der Waals surface area (Å²) in [5.74, 6) is -2.29. The molecule has 0 fully saturated rings. The monoisotopic (exact) mass is 271 g/mol. The largest absolute Gasteiger partial charge is 0.480 e. The molecule has 0 aromatic carbocycles. The van der Waals surface area contributed by atoms with Crippen LogP contribution in [0.2, 0.25) is 0 Å². The van der Waals surface area contributed by atoms with Crippen molar-refractivity contribution < 1.29 is 28.8 Å².